The summed E-state index contributed by atoms with van der Waals surface area (Å²) in [5.41, 5.74) is 1.35. The van der Waals surface area contributed by atoms with E-state index in [2.05, 4.69) is 61.7 Å². The molecule has 0 saturated carbocycles. The summed E-state index contributed by atoms with van der Waals surface area (Å²) in [6, 6.07) is 11.5. The zero-order valence-corrected chi connectivity index (χ0v) is 9.96. The van der Waals surface area contributed by atoms with Crippen LogP contribution in [-0.2, 0) is 0 Å². The maximum atomic E-state index is 3.49. The van der Waals surface area contributed by atoms with E-state index in [1.807, 2.05) is 0 Å². The Morgan fingerprint density at radius 1 is 0.933 bits per heavy atom. The van der Waals surface area contributed by atoms with Crippen molar-refractivity contribution in [2.24, 2.45) is 0 Å². The van der Waals surface area contributed by atoms with Crippen LogP contribution in [0.15, 0.2) is 30.3 Å². The minimum atomic E-state index is 0.431. The molecule has 0 amide bonds. The van der Waals surface area contributed by atoms with Crippen molar-refractivity contribution >= 4 is 0 Å². The Bertz CT molecular complexity index is 256. The third kappa shape index (κ3) is 4.96. The molecule has 0 fully saturated rings. The van der Waals surface area contributed by atoms with Gasteiger partial charge in [-0.25, -0.2) is 0 Å². The first-order valence-electron chi connectivity index (χ1n) is 5.72. The molecule has 0 spiro atoms. The molecule has 2 N–H and O–H groups in total. The highest BCUT2D eigenvalue weighted by molar-refractivity contribution is 5.17. The van der Waals surface area contributed by atoms with Gasteiger partial charge < -0.3 is 10.6 Å². The van der Waals surface area contributed by atoms with E-state index in [1.54, 1.807) is 0 Å². The predicted octanol–water partition coefficient (Wildman–Crippen LogP) is 2.34. The summed E-state index contributed by atoms with van der Waals surface area (Å²) in [5.74, 6) is 0. The monoisotopic (exact) mass is 206 g/mol. The molecule has 0 aliphatic rings. The Balaban J connectivity index is 2.22. The van der Waals surface area contributed by atoms with Crippen LogP contribution in [0.4, 0.5) is 0 Å². The van der Waals surface area contributed by atoms with Crippen molar-refractivity contribution in [2.45, 2.75) is 32.9 Å². The van der Waals surface area contributed by atoms with Crippen molar-refractivity contribution in [3.63, 3.8) is 0 Å². The van der Waals surface area contributed by atoms with Crippen LogP contribution in [-0.4, -0.2) is 19.1 Å². The van der Waals surface area contributed by atoms with E-state index in [9.17, 15) is 0 Å². The van der Waals surface area contributed by atoms with Crippen LogP contribution in [0.1, 0.15) is 32.4 Å². The van der Waals surface area contributed by atoms with Crippen molar-refractivity contribution in [1.82, 2.24) is 10.6 Å². The van der Waals surface area contributed by atoms with Gasteiger partial charge in [-0.15, -0.1) is 0 Å². The first-order chi connectivity index (χ1) is 7.20. The lowest BCUT2D eigenvalue weighted by molar-refractivity contribution is 0.518. The SMILES string of the molecule is CC(C)NCCNC(C)c1ccccc1. The predicted molar refractivity (Wildman–Crippen MR) is 66.0 cm³/mol. The summed E-state index contributed by atoms with van der Waals surface area (Å²) in [4.78, 5) is 0. The molecule has 0 aliphatic heterocycles. The van der Waals surface area contributed by atoms with Gasteiger partial charge in [0.05, 0.1) is 0 Å². The third-order valence-electron chi connectivity index (χ3n) is 2.43. The number of hydrogen-bond acceptors (Lipinski definition) is 2. The zero-order valence-electron chi connectivity index (χ0n) is 9.96. The molecule has 1 rings (SSSR count). The molecule has 0 radical (unpaired) electrons. The number of benzene rings is 1. The molecule has 1 atom stereocenters. The molecule has 0 bridgehead atoms. The highest BCUT2D eigenvalue weighted by Gasteiger charge is 2.02. The second kappa shape index (κ2) is 6.59. The van der Waals surface area contributed by atoms with Crippen molar-refractivity contribution in [3.8, 4) is 0 Å². The molecular weight excluding hydrogens is 184 g/mol. The molecule has 1 aromatic rings. The van der Waals surface area contributed by atoms with E-state index in [0.29, 0.717) is 12.1 Å². The molecule has 0 saturated heterocycles. The normalized spacial score (nSPS) is 13.1. The Morgan fingerprint density at radius 2 is 1.53 bits per heavy atom. The second-order valence-electron chi connectivity index (χ2n) is 4.20. The Kier molecular flexibility index (Phi) is 5.37. The van der Waals surface area contributed by atoms with Gasteiger partial charge in [0.25, 0.3) is 0 Å². The van der Waals surface area contributed by atoms with Crippen molar-refractivity contribution in [2.75, 3.05) is 13.1 Å². The van der Waals surface area contributed by atoms with Gasteiger partial charge in [-0.05, 0) is 12.5 Å². The molecule has 1 aromatic carbocycles. The minimum absolute atomic E-state index is 0.431. The molecule has 84 valence electrons. The minimum Gasteiger partial charge on any atom is -0.313 e. The second-order valence-corrected chi connectivity index (χ2v) is 4.20. The number of rotatable bonds is 6. The van der Waals surface area contributed by atoms with Gasteiger partial charge in [-0.3, -0.25) is 0 Å². The van der Waals surface area contributed by atoms with Gasteiger partial charge in [-0.1, -0.05) is 44.2 Å². The van der Waals surface area contributed by atoms with Crippen LogP contribution in [0.3, 0.4) is 0 Å². The van der Waals surface area contributed by atoms with Crippen LogP contribution in [0.25, 0.3) is 0 Å². The zero-order chi connectivity index (χ0) is 11.1. The summed E-state index contributed by atoms with van der Waals surface area (Å²) in [6.45, 7) is 8.56. The smallest absolute Gasteiger partial charge is 0.0292 e. The van der Waals surface area contributed by atoms with Gasteiger partial charge in [0.2, 0.25) is 0 Å². The lowest BCUT2D eigenvalue weighted by atomic mass is 10.1. The molecular formula is C13H22N2. The summed E-state index contributed by atoms with van der Waals surface area (Å²) < 4.78 is 0. The number of nitrogens with one attached hydrogen (secondary N) is 2. The van der Waals surface area contributed by atoms with Gasteiger partial charge in [-0.2, -0.15) is 0 Å². The molecule has 15 heavy (non-hydrogen) atoms. The van der Waals surface area contributed by atoms with Gasteiger partial charge in [0.1, 0.15) is 0 Å². The van der Waals surface area contributed by atoms with Gasteiger partial charge in [0.15, 0.2) is 0 Å². The standard InChI is InChI=1S/C13H22N2/c1-11(2)14-9-10-15-12(3)13-7-5-4-6-8-13/h4-8,11-12,14-15H,9-10H2,1-3H3. The van der Waals surface area contributed by atoms with Crippen LogP contribution < -0.4 is 10.6 Å². The molecule has 0 aromatic heterocycles. The van der Waals surface area contributed by atoms with Crippen LogP contribution in [0.2, 0.25) is 0 Å². The van der Waals surface area contributed by atoms with Crippen LogP contribution in [0.5, 0.6) is 0 Å². The lowest BCUT2D eigenvalue weighted by Crippen LogP contribution is -2.32. The molecule has 0 aliphatic carbocycles. The Morgan fingerprint density at radius 3 is 2.13 bits per heavy atom. The number of hydrogen-bond donors (Lipinski definition) is 2. The van der Waals surface area contributed by atoms with Crippen molar-refractivity contribution < 1.29 is 0 Å². The highest BCUT2D eigenvalue weighted by atomic mass is 15.0. The quantitative estimate of drug-likeness (QED) is 0.698. The maximum absolute atomic E-state index is 3.49. The van der Waals surface area contributed by atoms with E-state index in [-0.39, 0.29) is 0 Å². The van der Waals surface area contributed by atoms with Crippen molar-refractivity contribution in [1.29, 1.82) is 0 Å². The van der Waals surface area contributed by atoms with E-state index in [1.165, 1.54) is 5.56 Å². The van der Waals surface area contributed by atoms with Crippen molar-refractivity contribution in [3.05, 3.63) is 35.9 Å². The first kappa shape index (κ1) is 12.2. The van der Waals surface area contributed by atoms with Gasteiger partial charge in [0, 0.05) is 25.2 Å². The Labute approximate surface area is 93.1 Å². The Hall–Kier alpha value is -0.860. The lowest BCUT2D eigenvalue weighted by Gasteiger charge is -2.15. The van der Waals surface area contributed by atoms with E-state index in [4.69, 9.17) is 0 Å². The summed E-state index contributed by atoms with van der Waals surface area (Å²) in [6.07, 6.45) is 0. The fourth-order valence-electron chi connectivity index (χ4n) is 1.51. The average Bonchev–Trinajstić information content (AvgIpc) is 2.25. The van der Waals surface area contributed by atoms with E-state index >= 15 is 0 Å². The van der Waals surface area contributed by atoms with E-state index in [0.717, 1.165) is 13.1 Å². The maximum Gasteiger partial charge on any atom is 0.0292 e. The largest absolute Gasteiger partial charge is 0.313 e. The first-order valence-corrected chi connectivity index (χ1v) is 5.72. The fourth-order valence-corrected chi connectivity index (χ4v) is 1.51. The van der Waals surface area contributed by atoms with Gasteiger partial charge >= 0.3 is 0 Å². The summed E-state index contributed by atoms with van der Waals surface area (Å²) in [5, 5.41) is 6.88. The van der Waals surface area contributed by atoms with Crippen LogP contribution >= 0.6 is 0 Å². The molecule has 2 heteroatoms. The summed E-state index contributed by atoms with van der Waals surface area (Å²) >= 11 is 0. The highest BCUT2D eigenvalue weighted by Crippen LogP contribution is 2.09. The van der Waals surface area contributed by atoms with Crippen LogP contribution in [0, 0.1) is 0 Å². The van der Waals surface area contributed by atoms with E-state index < -0.39 is 0 Å². The molecule has 0 heterocycles. The topological polar surface area (TPSA) is 24.1 Å². The third-order valence-corrected chi connectivity index (χ3v) is 2.43. The summed E-state index contributed by atoms with van der Waals surface area (Å²) in [7, 11) is 0. The fraction of sp³-hybridized carbons (Fsp3) is 0.538. The molecule has 1 unspecified atom stereocenters. The average molecular weight is 206 g/mol. The molecule has 2 nitrogen and oxygen atoms in total.